The number of carboxylic acid groups (broad SMARTS) is 1. The van der Waals surface area contributed by atoms with E-state index < -0.39 is 5.97 Å². The summed E-state index contributed by atoms with van der Waals surface area (Å²) < 4.78 is 0. The van der Waals surface area contributed by atoms with E-state index in [1.807, 2.05) is 0 Å². The van der Waals surface area contributed by atoms with E-state index in [0.717, 1.165) is 32.1 Å². The second kappa shape index (κ2) is 7.66. The van der Waals surface area contributed by atoms with Crippen molar-refractivity contribution in [1.82, 2.24) is 5.32 Å². The Bertz CT molecular complexity index is 200. The highest BCUT2D eigenvalue weighted by Gasteiger charge is 2.23. The summed E-state index contributed by atoms with van der Waals surface area (Å²) in [6, 6.07) is 0.132. The average molecular weight is 227 g/mol. The molecule has 0 heterocycles. The van der Waals surface area contributed by atoms with Crippen molar-refractivity contribution in [3.05, 3.63) is 0 Å². The summed E-state index contributed by atoms with van der Waals surface area (Å²) in [4.78, 5) is 11.1. The molecule has 3 nitrogen and oxygen atoms in total. The van der Waals surface area contributed by atoms with Gasteiger partial charge in [-0.3, -0.25) is 4.79 Å². The first-order chi connectivity index (χ1) is 7.74. The van der Waals surface area contributed by atoms with E-state index in [9.17, 15) is 4.79 Å². The van der Waals surface area contributed by atoms with Crippen LogP contribution in [0.2, 0.25) is 0 Å². The van der Waals surface area contributed by atoms with Crippen LogP contribution in [-0.4, -0.2) is 23.2 Å². The maximum absolute atomic E-state index is 11.1. The lowest BCUT2D eigenvalue weighted by molar-refractivity contribution is -0.139. The minimum Gasteiger partial charge on any atom is -0.480 e. The van der Waals surface area contributed by atoms with E-state index in [-0.39, 0.29) is 6.04 Å². The predicted octanol–water partition coefficient (Wildman–Crippen LogP) is 2.94. The molecule has 3 heteroatoms. The summed E-state index contributed by atoms with van der Waals surface area (Å²) in [6.45, 7) is 2.17. The second-order valence-electron chi connectivity index (χ2n) is 4.89. The van der Waals surface area contributed by atoms with Crippen molar-refractivity contribution in [3.63, 3.8) is 0 Å². The van der Waals surface area contributed by atoms with Gasteiger partial charge in [0.05, 0.1) is 0 Å². The zero-order valence-electron chi connectivity index (χ0n) is 10.4. The van der Waals surface area contributed by atoms with E-state index >= 15 is 0 Å². The third-order valence-electron chi connectivity index (χ3n) is 3.44. The van der Waals surface area contributed by atoms with Crippen LogP contribution in [0.5, 0.6) is 0 Å². The van der Waals surface area contributed by atoms with Gasteiger partial charge in [-0.05, 0) is 19.3 Å². The molecule has 0 radical (unpaired) electrons. The van der Waals surface area contributed by atoms with Crippen molar-refractivity contribution in [3.8, 4) is 0 Å². The van der Waals surface area contributed by atoms with E-state index in [1.165, 1.54) is 25.7 Å². The highest BCUT2D eigenvalue weighted by molar-refractivity contribution is 5.73. The van der Waals surface area contributed by atoms with Gasteiger partial charge in [-0.1, -0.05) is 45.4 Å². The highest BCUT2D eigenvalue weighted by Crippen LogP contribution is 2.19. The van der Waals surface area contributed by atoms with Gasteiger partial charge in [0.1, 0.15) is 6.04 Å². The lowest BCUT2D eigenvalue weighted by atomic mass is 10.1. The molecule has 0 aromatic heterocycles. The normalized spacial score (nSPS) is 18.8. The van der Waals surface area contributed by atoms with Crippen LogP contribution in [0.1, 0.15) is 64.7 Å². The molecular weight excluding hydrogens is 202 g/mol. The van der Waals surface area contributed by atoms with Gasteiger partial charge < -0.3 is 10.4 Å². The van der Waals surface area contributed by atoms with E-state index in [2.05, 4.69) is 12.2 Å². The minimum absolute atomic E-state index is 0.319. The summed E-state index contributed by atoms with van der Waals surface area (Å²) >= 11 is 0. The standard InChI is InChI=1S/C13H25NO2/c1-2-3-4-5-10-12(13(15)16)14-11-8-6-7-9-11/h11-12,14H,2-10H2,1H3,(H,15,16). The third kappa shape index (κ3) is 4.97. The number of hydrogen-bond donors (Lipinski definition) is 2. The zero-order valence-corrected chi connectivity index (χ0v) is 10.4. The SMILES string of the molecule is CCCCCCC(NC1CCCC1)C(=O)O. The van der Waals surface area contributed by atoms with Crippen LogP contribution >= 0.6 is 0 Å². The van der Waals surface area contributed by atoms with E-state index in [4.69, 9.17) is 5.11 Å². The van der Waals surface area contributed by atoms with Crippen molar-refractivity contribution in [2.45, 2.75) is 76.8 Å². The molecule has 1 aliphatic rings. The molecular formula is C13H25NO2. The first kappa shape index (κ1) is 13.5. The van der Waals surface area contributed by atoms with Gasteiger partial charge in [-0.25, -0.2) is 0 Å². The summed E-state index contributed by atoms with van der Waals surface area (Å²) in [5.74, 6) is -0.677. The van der Waals surface area contributed by atoms with Gasteiger partial charge >= 0.3 is 5.97 Å². The molecule has 1 fully saturated rings. The second-order valence-corrected chi connectivity index (χ2v) is 4.89. The monoisotopic (exact) mass is 227 g/mol. The molecule has 1 unspecified atom stereocenters. The molecule has 0 aliphatic heterocycles. The molecule has 0 saturated heterocycles. The molecule has 1 rings (SSSR count). The van der Waals surface area contributed by atoms with Gasteiger partial charge in [-0.15, -0.1) is 0 Å². The predicted molar refractivity (Wildman–Crippen MR) is 65.6 cm³/mol. The summed E-state index contributed by atoms with van der Waals surface area (Å²) in [7, 11) is 0. The molecule has 2 N–H and O–H groups in total. The fourth-order valence-electron chi connectivity index (χ4n) is 2.43. The number of aliphatic carboxylic acids is 1. The Morgan fingerprint density at radius 1 is 1.31 bits per heavy atom. The lowest BCUT2D eigenvalue weighted by Gasteiger charge is -2.19. The van der Waals surface area contributed by atoms with Crippen molar-refractivity contribution in [2.75, 3.05) is 0 Å². The number of carboxylic acids is 1. The molecule has 1 aliphatic carbocycles. The van der Waals surface area contributed by atoms with Crippen LogP contribution in [0, 0.1) is 0 Å². The quantitative estimate of drug-likeness (QED) is 0.627. The average Bonchev–Trinajstić information content (AvgIpc) is 2.75. The maximum atomic E-state index is 11.1. The van der Waals surface area contributed by atoms with Crippen LogP contribution in [-0.2, 0) is 4.79 Å². The fraction of sp³-hybridized carbons (Fsp3) is 0.923. The molecule has 0 amide bonds. The smallest absolute Gasteiger partial charge is 0.320 e. The molecule has 0 bridgehead atoms. The molecule has 0 aromatic carbocycles. The summed E-state index contributed by atoms with van der Waals surface area (Å²) in [5, 5.41) is 12.4. The molecule has 94 valence electrons. The summed E-state index contributed by atoms with van der Waals surface area (Å²) in [6.07, 6.45) is 10.2. The Morgan fingerprint density at radius 2 is 2.00 bits per heavy atom. The molecule has 1 saturated carbocycles. The number of hydrogen-bond acceptors (Lipinski definition) is 2. The Balaban J connectivity index is 2.21. The van der Waals surface area contributed by atoms with Crippen molar-refractivity contribution < 1.29 is 9.90 Å². The van der Waals surface area contributed by atoms with Gasteiger partial charge in [0.15, 0.2) is 0 Å². The van der Waals surface area contributed by atoms with Crippen molar-refractivity contribution in [1.29, 1.82) is 0 Å². The topological polar surface area (TPSA) is 49.3 Å². The van der Waals surface area contributed by atoms with Gasteiger partial charge in [-0.2, -0.15) is 0 Å². The highest BCUT2D eigenvalue weighted by atomic mass is 16.4. The lowest BCUT2D eigenvalue weighted by Crippen LogP contribution is -2.42. The van der Waals surface area contributed by atoms with Crippen LogP contribution in [0.25, 0.3) is 0 Å². The first-order valence-electron chi connectivity index (χ1n) is 6.73. The molecule has 0 aromatic rings. The zero-order chi connectivity index (χ0) is 11.8. The Labute approximate surface area is 98.6 Å². The van der Waals surface area contributed by atoms with Gasteiger partial charge in [0.2, 0.25) is 0 Å². The first-order valence-corrected chi connectivity index (χ1v) is 6.73. The van der Waals surface area contributed by atoms with Crippen LogP contribution in [0.15, 0.2) is 0 Å². The number of rotatable bonds is 8. The van der Waals surface area contributed by atoms with Crippen LogP contribution in [0.3, 0.4) is 0 Å². The van der Waals surface area contributed by atoms with E-state index in [0.29, 0.717) is 6.04 Å². The van der Waals surface area contributed by atoms with Crippen LogP contribution in [0.4, 0.5) is 0 Å². The minimum atomic E-state index is -0.677. The molecule has 1 atom stereocenters. The summed E-state index contributed by atoms with van der Waals surface area (Å²) in [5.41, 5.74) is 0. The van der Waals surface area contributed by atoms with Gasteiger partial charge in [0, 0.05) is 6.04 Å². The molecule has 16 heavy (non-hydrogen) atoms. The number of unbranched alkanes of at least 4 members (excludes halogenated alkanes) is 3. The van der Waals surface area contributed by atoms with E-state index in [1.54, 1.807) is 0 Å². The Morgan fingerprint density at radius 3 is 2.56 bits per heavy atom. The largest absolute Gasteiger partial charge is 0.480 e. The van der Waals surface area contributed by atoms with Gasteiger partial charge in [0.25, 0.3) is 0 Å². The third-order valence-corrected chi connectivity index (χ3v) is 3.44. The van der Waals surface area contributed by atoms with Crippen molar-refractivity contribution in [2.24, 2.45) is 0 Å². The molecule has 0 spiro atoms. The van der Waals surface area contributed by atoms with Crippen LogP contribution < -0.4 is 5.32 Å². The Hall–Kier alpha value is -0.570. The van der Waals surface area contributed by atoms with Crippen molar-refractivity contribution >= 4 is 5.97 Å². The Kier molecular flexibility index (Phi) is 6.46. The maximum Gasteiger partial charge on any atom is 0.320 e. The fourth-order valence-corrected chi connectivity index (χ4v) is 2.43. The number of carbonyl (C=O) groups is 1. The number of nitrogens with one attached hydrogen (secondary N) is 1.